The monoisotopic (exact) mass is 688 g/mol. The van der Waals surface area contributed by atoms with Crippen molar-refractivity contribution in [2.75, 3.05) is 13.3 Å². The number of amides is 4. The Morgan fingerprint density at radius 2 is 1.71 bits per heavy atom. The molecule has 1 heterocycles. The summed E-state index contributed by atoms with van der Waals surface area (Å²) >= 11 is 0. The molecule has 3 atom stereocenters. The van der Waals surface area contributed by atoms with Crippen LogP contribution in [-0.2, 0) is 23.9 Å². The summed E-state index contributed by atoms with van der Waals surface area (Å²) in [5.41, 5.74) is -0.425. The van der Waals surface area contributed by atoms with E-state index in [4.69, 9.17) is 13.9 Å². The molecule has 0 aliphatic rings. The molecule has 0 fully saturated rings. The standard InChI is InChI=1S/C34H48N4O11/c1-7-10-11-12-22(25(8-2)38(46)20-39)30(42)35-19-36-32(44)27-16-15-26(48-27)21-13-14-23(28(17-21)47-9-3)31(43)37-24(18-29(40)41)33(45)49-34(4,5)6/h13-17,20,22,24-25,46H,7-12,18-19H2,1-6H3,(H,35,42)(H,36,44)(H,37,43)(H,40,41). The van der Waals surface area contributed by atoms with Gasteiger partial charge in [0.15, 0.2) is 5.76 Å². The molecule has 15 nitrogen and oxygen atoms in total. The quantitative estimate of drug-likeness (QED) is 0.0336. The van der Waals surface area contributed by atoms with Crippen molar-refractivity contribution in [3.63, 3.8) is 0 Å². The zero-order valence-electron chi connectivity index (χ0n) is 28.9. The second-order valence-electron chi connectivity index (χ2n) is 12.3. The van der Waals surface area contributed by atoms with Gasteiger partial charge < -0.3 is 34.9 Å². The van der Waals surface area contributed by atoms with Crippen LogP contribution >= 0.6 is 0 Å². The van der Waals surface area contributed by atoms with E-state index in [1.165, 1.54) is 30.3 Å². The number of hydroxylamine groups is 2. The van der Waals surface area contributed by atoms with Crippen LogP contribution in [-0.4, -0.2) is 82.4 Å². The molecule has 1 aromatic heterocycles. The van der Waals surface area contributed by atoms with Crippen molar-refractivity contribution in [2.45, 2.75) is 97.8 Å². The smallest absolute Gasteiger partial charge is 0.329 e. The molecule has 0 aliphatic carbocycles. The lowest BCUT2D eigenvalue weighted by atomic mass is 9.90. The summed E-state index contributed by atoms with van der Waals surface area (Å²) in [4.78, 5) is 74.1. The van der Waals surface area contributed by atoms with Crippen LogP contribution in [0.1, 0.15) is 101 Å². The minimum absolute atomic E-state index is 0.0283. The average molecular weight is 689 g/mol. The third kappa shape index (κ3) is 12.6. The second-order valence-corrected chi connectivity index (χ2v) is 12.3. The number of unbranched alkanes of at least 4 members (excludes halogenated alkanes) is 2. The average Bonchev–Trinajstić information content (AvgIpc) is 3.53. The molecule has 0 radical (unpaired) electrons. The van der Waals surface area contributed by atoms with E-state index in [1.807, 2.05) is 6.92 Å². The van der Waals surface area contributed by atoms with Gasteiger partial charge in [-0.15, -0.1) is 0 Å². The van der Waals surface area contributed by atoms with Gasteiger partial charge in [0.2, 0.25) is 12.3 Å². The highest BCUT2D eigenvalue weighted by atomic mass is 16.6. The van der Waals surface area contributed by atoms with Crippen LogP contribution in [0, 0.1) is 5.92 Å². The Labute approximate surface area is 285 Å². The van der Waals surface area contributed by atoms with Crippen LogP contribution in [0.5, 0.6) is 5.75 Å². The molecular formula is C34H48N4O11. The topological polar surface area (TPSA) is 214 Å². The highest BCUT2D eigenvalue weighted by molar-refractivity contribution is 6.00. The molecule has 1 aromatic carbocycles. The van der Waals surface area contributed by atoms with Gasteiger partial charge in [0, 0.05) is 5.56 Å². The fraction of sp³-hybridized carbons (Fsp3) is 0.529. The number of hydrogen-bond donors (Lipinski definition) is 5. The number of carbonyl (C=O) groups excluding carboxylic acids is 5. The number of hydrogen-bond acceptors (Lipinski definition) is 10. The summed E-state index contributed by atoms with van der Waals surface area (Å²) in [6, 6.07) is 5.26. The van der Waals surface area contributed by atoms with Crippen molar-refractivity contribution in [1.29, 1.82) is 0 Å². The molecule has 0 spiro atoms. The Balaban J connectivity index is 2.15. The van der Waals surface area contributed by atoms with Gasteiger partial charge in [0.25, 0.3) is 11.8 Å². The van der Waals surface area contributed by atoms with Crippen molar-refractivity contribution >= 4 is 36.1 Å². The first-order valence-electron chi connectivity index (χ1n) is 16.3. The predicted molar refractivity (Wildman–Crippen MR) is 177 cm³/mol. The third-order valence-corrected chi connectivity index (χ3v) is 7.31. The van der Waals surface area contributed by atoms with Gasteiger partial charge >= 0.3 is 11.9 Å². The van der Waals surface area contributed by atoms with Crippen molar-refractivity contribution in [1.82, 2.24) is 21.0 Å². The predicted octanol–water partition coefficient (Wildman–Crippen LogP) is 3.89. The summed E-state index contributed by atoms with van der Waals surface area (Å²) in [6.07, 6.45) is 2.93. The summed E-state index contributed by atoms with van der Waals surface area (Å²) in [6.45, 7) is 10.3. The molecule has 0 bridgehead atoms. The molecular weight excluding hydrogens is 640 g/mol. The minimum Gasteiger partial charge on any atom is -0.493 e. The molecule has 0 saturated carbocycles. The van der Waals surface area contributed by atoms with Gasteiger partial charge in [-0.25, -0.2) is 9.86 Å². The first-order valence-corrected chi connectivity index (χ1v) is 16.3. The maximum absolute atomic E-state index is 13.2. The van der Waals surface area contributed by atoms with Crippen LogP contribution in [0.4, 0.5) is 0 Å². The van der Waals surface area contributed by atoms with Gasteiger partial charge in [-0.3, -0.25) is 29.2 Å². The van der Waals surface area contributed by atoms with E-state index >= 15 is 0 Å². The van der Waals surface area contributed by atoms with Crippen molar-refractivity contribution in [3.05, 3.63) is 41.7 Å². The molecule has 4 amide bonds. The largest absolute Gasteiger partial charge is 0.493 e. The maximum atomic E-state index is 13.2. The summed E-state index contributed by atoms with van der Waals surface area (Å²) in [7, 11) is 0. The van der Waals surface area contributed by atoms with Crippen LogP contribution < -0.4 is 20.7 Å². The van der Waals surface area contributed by atoms with E-state index in [0.717, 1.165) is 19.3 Å². The SMILES string of the molecule is CCCCCC(C(=O)NCNC(=O)c1ccc(-c2ccc(C(=O)NC(CC(=O)O)C(=O)OC(C)(C)C)c(OCC)c2)o1)C(CC)N(O)C=O. The number of ether oxygens (including phenoxy) is 2. The van der Waals surface area contributed by atoms with Crippen LogP contribution in [0.3, 0.4) is 0 Å². The van der Waals surface area contributed by atoms with E-state index in [-0.39, 0.29) is 42.5 Å². The van der Waals surface area contributed by atoms with E-state index < -0.39 is 59.7 Å². The molecule has 15 heteroatoms. The first kappa shape index (κ1) is 40.3. The lowest BCUT2D eigenvalue weighted by Crippen LogP contribution is -2.47. The van der Waals surface area contributed by atoms with E-state index in [1.54, 1.807) is 34.6 Å². The Bertz CT molecular complexity index is 1450. The minimum atomic E-state index is -1.45. The molecule has 0 aliphatic heterocycles. The zero-order valence-corrected chi connectivity index (χ0v) is 28.9. The molecule has 49 heavy (non-hydrogen) atoms. The lowest BCUT2D eigenvalue weighted by molar-refractivity contribution is -0.168. The number of rotatable bonds is 20. The number of nitrogens with zero attached hydrogens (tertiary/aromatic N) is 1. The highest BCUT2D eigenvalue weighted by Crippen LogP contribution is 2.29. The highest BCUT2D eigenvalue weighted by Gasteiger charge is 2.32. The molecule has 2 rings (SSSR count). The Hall–Kier alpha value is -4.92. The number of nitrogens with one attached hydrogen (secondary N) is 3. The number of carboxylic acids is 1. The summed E-state index contributed by atoms with van der Waals surface area (Å²) in [5.74, 6) is -4.36. The van der Waals surface area contributed by atoms with Gasteiger partial charge in [-0.1, -0.05) is 39.2 Å². The molecule has 5 N–H and O–H groups in total. The number of benzene rings is 1. The van der Waals surface area contributed by atoms with Crippen LogP contribution in [0.2, 0.25) is 0 Å². The van der Waals surface area contributed by atoms with E-state index in [0.29, 0.717) is 23.5 Å². The number of carboxylic acid groups (broad SMARTS) is 1. The van der Waals surface area contributed by atoms with Gasteiger partial charge in [0.05, 0.1) is 37.2 Å². The normalized spacial score (nSPS) is 13.0. The van der Waals surface area contributed by atoms with Crippen LogP contribution in [0.15, 0.2) is 34.7 Å². The molecule has 0 saturated heterocycles. The van der Waals surface area contributed by atoms with Crippen molar-refractivity contribution in [2.24, 2.45) is 5.92 Å². The Morgan fingerprint density at radius 3 is 2.31 bits per heavy atom. The molecule has 270 valence electrons. The van der Waals surface area contributed by atoms with Gasteiger partial charge in [-0.05, 0) is 64.8 Å². The fourth-order valence-corrected chi connectivity index (χ4v) is 5.01. The van der Waals surface area contributed by atoms with Gasteiger partial charge in [-0.2, -0.15) is 0 Å². The number of carbonyl (C=O) groups is 6. The first-order chi connectivity index (χ1) is 23.1. The lowest BCUT2D eigenvalue weighted by Gasteiger charge is -2.29. The summed E-state index contributed by atoms with van der Waals surface area (Å²) < 4.78 is 16.7. The second kappa shape index (κ2) is 19.2. The third-order valence-electron chi connectivity index (χ3n) is 7.31. The summed E-state index contributed by atoms with van der Waals surface area (Å²) in [5, 5.41) is 27.4. The molecule has 3 unspecified atom stereocenters. The fourth-order valence-electron chi connectivity index (χ4n) is 5.01. The number of aliphatic carboxylic acids is 1. The number of esters is 1. The van der Waals surface area contributed by atoms with Gasteiger partial charge in [0.1, 0.15) is 23.2 Å². The van der Waals surface area contributed by atoms with E-state index in [9.17, 15) is 39.1 Å². The number of furan rings is 1. The Morgan fingerprint density at radius 1 is 1.00 bits per heavy atom. The van der Waals surface area contributed by atoms with E-state index in [2.05, 4.69) is 16.0 Å². The van der Waals surface area contributed by atoms with Crippen LogP contribution in [0.25, 0.3) is 11.3 Å². The zero-order chi connectivity index (χ0) is 36.7. The van der Waals surface area contributed by atoms with Crippen molar-refractivity contribution < 1.29 is 53.0 Å². The maximum Gasteiger partial charge on any atom is 0.329 e. The molecule has 2 aromatic rings. The Kier molecular flexibility index (Phi) is 15.7. The van der Waals surface area contributed by atoms with Crippen molar-refractivity contribution in [3.8, 4) is 17.1 Å².